The van der Waals surface area contributed by atoms with E-state index in [1.165, 1.54) is 11.0 Å². The number of amides is 2. The highest BCUT2D eigenvalue weighted by Crippen LogP contribution is 2.36. The van der Waals surface area contributed by atoms with E-state index in [4.69, 9.17) is 16.3 Å². The number of halogens is 1. The van der Waals surface area contributed by atoms with Crippen LogP contribution in [0.25, 0.3) is 0 Å². The number of benzene rings is 3. The minimum atomic E-state index is -0.334. The van der Waals surface area contributed by atoms with Crippen molar-refractivity contribution in [2.75, 3.05) is 22.2 Å². The maximum atomic E-state index is 12.2. The second-order valence-corrected chi connectivity index (χ2v) is 8.49. The highest BCUT2D eigenvalue weighted by Gasteiger charge is 2.17. The lowest BCUT2D eigenvalue weighted by Gasteiger charge is -2.27. The molecule has 3 aromatic carbocycles. The molecule has 0 unspecified atom stereocenters. The van der Waals surface area contributed by atoms with Gasteiger partial charge in [0.25, 0.3) is 0 Å². The van der Waals surface area contributed by atoms with E-state index in [0.717, 1.165) is 23.4 Å². The summed E-state index contributed by atoms with van der Waals surface area (Å²) >= 11 is 5.94. The molecule has 1 aromatic heterocycles. The highest BCUT2D eigenvalue weighted by atomic mass is 35.5. The van der Waals surface area contributed by atoms with E-state index < -0.39 is 0 Å². The number of carbonyl (C=O) groups is 2. The van der Waals surface area contributed by atoms with Crippen LogP contribution in [-0.4, -0.2) is 24.3 Å². The van der Waals surface area contributed by atoms with Gasteiger partial charge >= 0.3 is 0 Å². The summed E-state index contributed by atoms with van der Waals surface area (Å²) in [5.41, 5.74) is 4.38. The van der Waals surface area contributed by atoms with Gasteiger partial charge in [-0.1, -0.05) is 36.4 Å². The van der Waals surface area contributed by atoms with Gasteiger partial charge in [0.2, 0.25) is 12.3 Å². The Labute approximate surface area is 220 Å². The third-order valence-corrected chi connectivity index (χ3v) is 5.88. The summed E-state index contributed by atoms with van der Waals surface area (Å²) in [6.07, 6.45) is 5.24. The molecule has 0 bridgehead atoms. The predicted octanol–water partition coefficient (Wildman–Crippen LogP) is 6.50. The molecule has 0 atom stereocenters. The van der Waals surface area contributed by atoms with Gasteiger partial charge in [-0.25, -0.2) is 0 Å². The Balaban J connectivity index is 1.54. The summed E-state index contributed by atoms with van der Waals surface area (Å²) < 4.78 is 5.89. The van der Waals surface area contributed by atoms with Crippen molar-refractivity contribution in [2.24, 2.45) is 0 Å². The number of ether oxygens (including phenoxy) is 1. The lowest BCUT2D eigenvalue weighted by Crippen LogP contribution is -2.19. The first-order valence-electron chi connectivity index (χ1n) is 11.4. The lowest BCUT2D eigenvalue weighted by molar-refractivity contribution is -0.112. The molecular weight excluding hydrogens is 488 g/mol. The third-order valence-electron chi connectivity index (χ3n) is 5.62. The number of aromatic nitrogens is 1. The number of nitrogens with zero attached hydrogens (tertiary/aromatic N) is 3. The molecule has 8 heteroatoms. The molecule has 2 amide bonds. The number of hydrogen-bond acceptors (Lipinski definition) is 5. The summed E-state index contributed by atoms with van der Waals surface area (Å²) in [5, 5.41) is 3.40. The molecule has 0 aliphatic carbocycles. The monoisotopic (exact) mass is 512 g/mol. The lowest BCUT2D eigenvalue weighted by atomic mass is 10.2. The van der Waals surface area contributed by atoms with Crippen LogP contribution in [0.3, 0.4) is 0 Å². The Morgan fingerprint density at radius 3 is 2.49 bits per heavy atom. The van der Waals surface area contributed by atoms with Crippen molar-refractivity contribution in [3.63, 3.8) is 0 Å². The van der Waals surface area contributed by atoms with E-state index in [2.05, 4.69) is 16.9 Å². The summed E-state index contributed by atoms with van der Waals surface area (Å²) in [5.74, 6) is 0.395. The zero-order chi connectivity index (χ0) is 26.2. The van der Waals surface area contributed by atoms with Crippen molar-refractivity contribution in [1.29, 1.82) is 0 Å². The molecule has 7 nitrogen and oxygen atoms in total. The SMILES string of the molecule is C=CC(=O)Nc1cccc(N(C=O)c2ccncc2N(C)c2ccc(OCc3ccc(Cl)cc3)cc2)c1. The van der Waals surface area contributed by atoms with Crippen LogP contribution in [-0.2, 0) is 16.2 Å². The van der Waals surface area contributed by atoms with E-state index in [1.54, 1.807) is 42.7 Å². The summed E-state index contributed by atoms with van der Waals surface area (Å²) in [7, 11) is 1.90. The van der Waals surface area contributed by atoms with E-state index in [-0.39, 0.29) is 5.91 Å². The predicted molar refractivity (Wildman–Crippen MR) is 148 cm³/mol. The fraction of sp³-hybridized carbons (Fsp3) is 0.0690. The summed E-state index contributed by atoms with van der Waals surface area (Å²) in [6.45, 7) is 3.90. The number of nitrogens with one attached hydrogen (secondary N) is 1. The maximum Gasteiger partial charge on any atom is 0.247 e. The fourth-order valence-corrected chi connectivity index (χ4v) is 3.80. The second kappa shape index (κ2) is 11.9. The zero-order valence-corrected chi connectivity index (χ0v) is 20.9. The fourth-order valence-electron chi connectivity index (χ4n) is 3.68. The van der Waals surface area contributed by atoms with Gasteiger partial charge in [-0.3, -0.25) is 19.5 Å². The smallest absolute Gasteiger partial charge is 0.247 e. The van der Waals surface area contributed by atoms with Crippen molar-refractivity contribution < 1.29 is 14.3 Å². The Morgan fingerprint density at radius 1 is 1.03 bits per heavy atom. The number of hydrogen-bond donors (Lipinski definition) is 1. The van der Waals surface area contributed by atoms with E-state index in [0.29, 0.717) is 34.4 Å². The average Bonchev–Trinajstić information content (AvgIpc) is 2.93. The van der Waals surface area contributed by atoms with Gasteiger partial charge in [0.05, 0.1) is 23.3 Å². The van der Waals surface area contributed by atoms with Crippen LogP contribution >= 0.6 is 11.6 Å². The standard InChI is InChI=1S/C29H25ClN4O3/c1-3-29(36)32-23-5-4-6-25(17-23)34(20-35)27-15-16-31-18-28(27)33(2)24-11-13-26(14-12-24)37-19-21-7-9-22(30)10-8-21/h3-18,20H,1,19H2,2H3,(H,32,36). The molecule has 186 valence electrons. The van der Waals surface area contributed by atoms with Gasteiger partial charge in [0.15, 0.2) is 0 Å². The summed E-state index contributed by atoms with van der Waals surface area (Å²) in [4.78, 5) is 31.6. The van der Waals surface area contributed by atoms with E-state index >= 15 is 0 Å². The van der Waals surface area contributed by atoms with Gasteiger partial charge in [0.1, 0.15) is 12.4 Å². The van der Waals surface area contributed by atoms with Crippen molar-refractivity contribution in [3.05, 3.63) is 114 Å². The number of anilines is 5. The van der Waals surface area contributed by atoms with E-state index in [1.807, 2.05) is 60.5 Å². The van der Waals surface area contributed by atoms with Gasteiger partial charge in [-0.05, 0) is 72.3 Å². The summed E-state index contributed by atoms with van der Waals surface area (Å²) in [6, 6.07) is 23.9. The Bertz CT molecular complexity index is 1390. The molecule has 37 heavy (non-hydrogen) atoms. The van der Waals surface area contributed by atoms with Crippen molar-refractivity contribution >= 4 is 52.4 Å². The first kappa shape index (κ1) is 25.5. The topological polar surface area (TPSA) is 74.8 Å². The number of rotatable bonds is 10. The molecule has 0 saturated heterocycles. The van der Waals surface area contributed by atoms with Crippen LogP contribution in [0.5, 0.6) is 5.75 Å². The molecule has 0 radical (unpaired) electrons. The van der Waals surface area contributed by atoms with Gasteiger partial charge in [-0.15, -0.1) is 0 Å². The molecule has 0 aliphatic heterocycles. The minimum absolute atomic E-state index is 0.334. The van der Waals surface area contributed by atoms with Gasteiger partial charge in [0, 0.05) is 29.6 Å². The Morgan fingerprint density at radius 2 is 1.78 bits per heavy atom. The van der Waals surface area contributed by atoms with Crippen LogP contribution in [0.4, 0.5) is 28.4 Å². The Kier molecular flexibility index (Phi) is 8.18. The van der Waals surface area contributed by atoms with Crippen molar-refractivity contribution in [3.8, 4) is 5.75 Å². The molecule has 0 fully saturated rings. The largest absolute Gasteiger partial charge is 0.489 e. The Hall–Kier alpha value is -4.62. The molecule has 0 spiro atoms. The number of pyridine rings is 1. The van der Waals surface area contributed by atoms with Crippen LogP contribution in [0.15, 0.2) is 104 Å². The maximum absolute atomic E-state index is 12.2. The molecule has 1 heterocycles. The highest BCUT2D eigenvalue weighted by molar-refractivity contribution is 6.30. The minimum Gasteiger partial charge on any atom is -0.489 e. The molecule has 1 N–H and O–H groups in total. The zero-order valence-electron chi connectivity index (χ0n) is 20.2. The van der Waals surface area contributed by atoms with Crippen LogP contribution < -0.4 is 19.9 Å². The average molecular weight is 513 g/mol. The quantitative estimate of drug-likeness (QED) is 0.194. The molecular formula is C29H25ClN4O3. The van der Waals surface area contributed by atoms with Crippen LogP contribution in [0.2, 0.25) is 5.02 Å². The number of carbonyl (C=O) groups excluding carboxylic acids is 2. The molecule has 4 rings (SSSR count). The van der Waals surface area contributed by atoms with Crippen molar-refractivity contribution in [1.82, 2.24) is 4.98 Å². The van der Waals surface area contributed by atoms with Crippen LogP contribution in [0.1, 0.15) is 5.56 Å². The van der Waals surface area contributed by atoms with Gasteiger partial charge in [-0.2, -0.15) is 0 Å². The molecule has 4 aromatic rings. The van der Waals surface area contributed by atoms with Gasteiger partial charge < -0.3 is 15.0 Å². The first-order valence-corrected chi connectivity index (χ1v) is 11.8. The van der Waals surface area contributed by atoms with E-state index in [9.17, 15) is 9.59 Å². The third kappa shape index (κ3) is 6.34. The second-order valence-electron chi connectivity index (χ2n) is 8.05. The molecule has 0 aliphatic rings. The normalized spacial score (nSPS) is 10.3. The molecule has 0 saturated carbocycles. The first-order chi connectivity index (χ1) is 18.0. The van der Waals surface area contributed by atoms with Crippen molar-refractivity contribution in [2.45, 2.75) is 6.61 Å². The van der Waals surface area contributed by atoms with Crippen LogP contribution in [0, 0.1) is 0 Å².